The SMILES string of the molecule is CC(C)c1nc(-c2ccc(N3CCN(C(=O)c4ccco4)CC3)nc2)no1. The topological polar surface area (TPSA) is 88.5 Å². The Morgan fingerprint density at radius 1 is 1.15 bits per heavy atom. The van der Waals surface area contributed by atoms with Crippen molar-refractivity contribution in [2.24, 2.45) is 0 Å². The second kappa shape index (κ2) is 7.22. The molecule has 8 heteroatoms. The van der Waals surface area contributed by atoms with Gasteiger partial charge in [0.05, 0.1) is 6.26 Å². The molecule has 1 aliphatic heterocycles. The van der Waals surface area contributed by atoms with Gasteiger partial charge in [0.2, 0.25) is 11.7 Å². The molecule has 1 amide bonds. The van der Waals surface area contributed by atoms with Crippen molar-refractivity contribution in [2.45, 2.75) is 19.8 Å². The molecule has 1 aliphatic rings. The number of carbonyl (C=O) groups excluding carboxylic acids is 1. The summed E-state index contributed by atoms with van der Waals surface area (Å²) in [7, 11) is 0. The van der Waals surface area contributed by atoms with Gasteiger partial charge in [-0.3, -0.25) is 4.79 Å². The van der Waals surface area contributed by atoms with Crippen molar-refractivity contribution < 1.29 is 13.7 Å². The van der Waals surface area contributed by atoms with E-state index < -0.39 is 0 Å². The predicted molar refractivity (Wildman–Crippen MR) is 98.4 cm³/mol. The maximum absolute atomic E-state index is 12.3. The van der Waals surface area contributed by atoms with E-state index in [-0.39, 0.29) is 11.8 Å². The molecule has 27 heavy (non-hydrogen) atoms. The lowest BCUT2D eigenvalue weighted by atomic mass is 10.2. The molecular formula is C19H21N5O3. The molecule has 4 heterocycles. The van der Waals surface area contributed by atoms with E-state index in [0.29, 0.717) is 30.6 Å². The lowest BCUT2D eigenvalue weighted by Gasteiger charge is -2.35. The first-order chi connectivity index (χ1) is 13.1. The fraction of sp³-hybridized carbons (Fsp3) is 0.368. The number of aromatic nitrogens is 3. The monoisotopic (exact) mass is 367 g/mol. The fourth-order valence-electron chi connectivity index (χ4n) is 2.99. The summed E-state index contributed by atoms with van der Waals surface area (Å²) in [6.45, 7) is 6.72. The number of hydrogen-bond acceptors (Lipinski definition) is 7. The number of piperazine rings is 1. The summed E-state index contributed by atoms with van der Waals surface area (Å²) in [6.07, 6.45) is 3.27. The van der Waals surface area contributed by atoms with Crippen LogP contribution in [0.2, 0.25) is 0 Å². The van der Waals surface area contributed by atoms with Gasteiger partial charge in [-0.15, -0.1) is 0 Å². The summed E-state index contributed by atoms with van der Waals surface area (Å²) in [6, 6.07) is 7.31. The summed E-state index contributed by atoms with van der Waals surface area (Å²) >= 11 is 0. The zero-order valence-corrected chi connectivity index (χ0v) is 15.3. The van der Waals surface area contributed by atoms with Crippen molar-refractivity contribution in [2.75, 3.05) is 31.1 Å². The Hall–Kier alpha value is -3.16. The molecule has 1 saturated heterocycles. The smallest absolute Gasteiger partial charge is 0.289 e. The van der Waals surface area contributed by atoms with Gasteiger partial charge >= 0.3 is 0 Å². The van der Waals surface area contributed by atoms with E-state index in [2.05, 4.69) is 20.0 Å². The van der Waals surface area contributed by atoms with Crippen LogP contribution in [0.1, 0.15) is 36.2 Å². The van der Waals surface area contributed by atoms with Crippen LogP contribution in [0.5, 0.6) is 0 Å². The molecule has 1 fully saturated rings. The molecule has 4 rings (SSSR count). The number of pyridine rings is 1. The second-order valence-corrected chi connectivity index (χ2v) is 6.77. The predicted octanol–water partition coefficient (Wildman–Crippen LogP) is 2.81. The number of nitrogens with zero attached hydrogens (tertiary/aromatic N) is 5. The highest BCUT2D eigenvalue weighted by Gasteiger charge is 2.24. The van der Waals surface area contributed by atoms with Gasteiger partial charge in [0.15, 0.2) is 5.76 Å². The van der Waals surface area contributed by atoms with Crippen LogP contribution in [0.25, 0.3) is 11.4 Å². The first kappa shape index (κ1) is 17.3. The van der Waals surface area contributed by atoms with E-state index in [1.165, 1.54) is 6.26 Å². The Labute approximate surface area is 156 Å². The highest BCUT2D eigenvalue weighted by molar-refractivity contribution is 5.91. The van der Waals surface area contributed by atoms with Crippen LogP contribution in [0.4, 0.5) is 5.82 Å². The van der Waals surface area contributed by atoms with Crippen molar-refractivity contribution >= 4 is 11.7 Å². The van der Waals surface area contributed by atoms with E-state index in [0.717, 1.165) is 24.5 Å². The summed E-state index contributed by atoms with van der Waals surface area (Å²) in [5, 5.41) is 4.01. The van der Waals surface area contributed by atoms with Gasteiger partial charge in [0.1, 0.15) is 5.82 Å². The Kier molecular flexibility index (Phi) is 4.62. The van der Waals surface area contributed by atoms with E-state index in [1.807, 2.05) is 26.0 Å². The Balaban J connectivity index is 1.39. The lowest BCUT2D eigenvalue weighted by Crippen LogP contribution is -2.49. The molecule has 0 atom stereocenters. The molecule has 0 saturated carbocycles. The van der Waals surface area contributed by atoms with Gasteiger partial charge in [0.25, 0.3) is 5.91 Å². The highest BCUT2D eigenvalue weighted by atomic mass is 16.5. The van der Waals surface area contributed by atoms with Crippen molar-refractivity contribution in [1.82, 2.24) is 20.0 Å². The molecule has 3 aromatic rings. The number of carbonyl (C=O) groups is 1. The van der Waals surface area contributed by atoms with Gasteiger partial charge in [-0.25, -0.2) is 4.98 Å². The molecule has 8 nitrogen and oxygen atoms in total. The largest absolute Gasteiger partial charge is 0.459 e. The highest BCUT2D eigenvalue weighted by Crippen LogP contribution is 2.22. The van der Waals surface area contributed by atoms with Gasteiger partial charge in [0, 0.05) is 43.9 Å². The molecule has 140 valence electrons. The average molecular weight is 367 g/mol. The minimum Gasteiger partial charge on any atom is -0.459 e. The third-order valence-corrected chi connectivity index (χ3v) is 4.56. The van der Waals surface area contributed by atoms with Gasteiger partial charge in [-0.05, 0) is 24.3 Å². The van der Waals surface area contributed by atoms with Crippen LogP contribution < -0.4 is 4.90 Å². The normalized spacial score (nSPS) is 14.8. The second-order valence-electron chi connectivity index (χ2n) is 6.77. The first-order valence-corrected chi connectivity index (χ1v) is 8.99. The third-order valence-electron chi connectivity index (χ3n) is 4.56. The van der Waals surface area contributed by atoms with Crippen LogP contribution in [0, 0.1) is 0 Å². The Bertz CT molecular complexity index is 894. The molecule has 0 N–H and O–H groups in total. The molecular weight excluding hydrogens is 346 g/mol. The standard InChI is InChI=1S/C19H21N5O3/c1-13(2)18-21-17(22-27-18)14-5-6-16(20-12-14)23-7-9-24(10-8-23)19(25)15-4-3-11-26-15/h3-6,11-13H,7-10H2,1-2H3. The van der Waals surface area contributed by atoms with Crippen molar-refractivity contribution in [3.8, 4) is 11.4 Å². The molecule has 0 aliphatic carbocycles. The van der Waals surface area contributed by atoms with Crippen LogP contribution in [0.3, 0.4) is 0 Å². The zero-order chi connectivity index (χ0) is 18.8. The maximum Gasteiger partial charge on any atom is 0.289 e. The molecule has 3 aromatic heterocycles. The Morgan fingerprint density at radius 3 is 2.56 bits per heavy atom. The van der Waals surface area contributed by atoms with Crippen molar-refractivity contribution in [1.29, 1.82) is 0 Å². The molecule has 0 aromatic carbocycles. The van der Waals surface area contributed by atoms with Crippen LogP contribution >= 0.6 is 0 Å². The number of furan rings is 1. The number of amides is 1. The average Bonchev–Trinajstić information content (AvgIpc) is 3.40. The van der Waals surface area contributed by atoms with Crippen LogP contribution in [-0.4, -0.2) is 52.1 Å². The fourth-order valence-corrected chi connectivity index (χ4v) is 2.99. The first-order valence-electron chi connectivity index (χ1n) is 8.99. The zero-order valence-electron chi connectivity index (χ0n) is 15.3. The van der Waals surface area contributed by atoms with Crippen molar-refractivity contribution in [3.05, 3.63) is 48.4 Å². The van der Waals surface area contributed by atoms with Gasteiger partial charge < -0.3 is 18.7 Å². The molecule has 0 bridgehead atoms. The van der Waals surface area contributed by atoms with Crippen LogP contribution in [-0.2, 0) is 0 Å². The number of anilines is 1. The van der Waals surface area contributed by atoms with E-state index in [4.69, 9.17) is 8.94 Å². The minimum absolute atomic E-state index is 0.0685. The number of rotatable bonds is 4. The summed E-state index contributed by atoms with van der Waals surface area (Å²) in [4.78, 5) is 25.2. The summed E-state index contributed by atoms with van der Waals surface area (Å²) < 4.78 is 10.4. The van der Waals surface area contributed by atoms with E-state index in [9.17, 15) is 4.79 Å². The van der Waals surface area contributed by atoms with Gasteiger partial charge in [-0.1, -0.05) is 19.0 Å². The quantitative estimate of drug-likeness (QED) is 0.700. The van der Waals surface area contributed by atoms with E-state index >= 15 is 0 Å². The van der Waals surface area contributed by atoms with Gasteiger partial charge in [-0.2, -0.15) is 4.98 Å². The maximum atomic E-state index is 12.3. The Morgan fingerprint density at radius 2 is 1.96 bits per heavy atom. The van der Waals surface area contributed by atoms with Crippen molar-refractivity contribution in [3.63, 3.8) is 0 Å². The minimum atomic E-state index is -0.0685. The lowest BCUT2D eigenvalue weighted by molar-refractivity contribution is 0.0714. The molecule has 0 spiro atoms. The molecule has 0 unspecified atom stereocenters. The molecule has 0 radical (unpaired) electrons. The van der Waals surface area contributed by atoms with E-state index in [1.54, 1.807) is 23.2 Å². The number of hydrogen-bond donors (Lipinski definition) is 0. The summed E-state index contributed by atoms with van der Waals surface area (Å²) in [5.74, 6) is 2.54. The summed E-state index contributed by atoms with van der Waals surface area (Å²) in [5.41, 5.74) is 0.820. The van der Waals surface area contributed by atoms with Crippen LogP contribution in [0.15, 0.2) is 45.7 Å². The third kappa shape index (κ3) is 3.55.